The van der Waals surface area contributed by atoms with Gasteiger partial charge in [0.05, 0.1) is 13.2 Å². The molecule has 86 valence electrons. The van der Waals surface area contributed by atoms with E-state index in [0.717, 1.165) is 13.2 Å². The molecule has 0 aromatic heterocycles. The number of hydrogen-bond donors (Lipinski definition) is 0. The first-order chi connectivity index (χ1) is 6.86. The van der Waals surface area contributed by atoms with Crippen molar-refractivity contribution >= 4 is 0 Å². The van der Waals surface area contributed by atoms with E-state index < -0.39 is 0 Å². The third-order valence-corrected chi connectivity index (χ3v) is 1.94. The molecule has 2 nitrogen and oxygen atoms in total. The Bertz CT molecular complexity index is 235. The molecule has 0 unspecified atom stereocenters. The van der Waals surface area contributed by atoms with Gasteiger partial charge in [-0.1, -0.05) is 31.7 Å². The van der Waals surface area contributed by atoms with Gasteiger partial charge in [0.2, 0.25) is 0 Å². The van der Waals surface area contributed by atoms with Gasteiger partial charge in [-0.05, 0) is 25.0 Å². The summed E-state index contributed by atoms with van der Waals surface area (Å²) in [7, 11) is 0. The molecular formula is C13H22O2. The monoisotopic (exact) mass is 210 g/mol. The Kier molecular flexibility index (Phi) is 7.96. The van der Waals surface area contributed by atoms with Gasteiger partial charge in [-0.25, -0.2) is 0 Å². The second-order valence-electron chi connectivity index (χ2n) is 3.09. The molecule has 0 aliphatic carbocycles. The second-order valence-corrected chi connectivity index (χ2v) is 3.09. The predicted octanol–water partition coefficient (Wildman–Crippen LogP) is 3.40. The van der Waals surface area contributed by atoms with E-state index in [4.69, 9.17) is 9.47 Å². The molecule has 0 atom stereocenters. The highest BCUT2D eigenvalue weighted by atomic mass is 16.5. The number of hydrogen-bond acceptors (Lipinski definition) is 2. The van der Waals surface area contributed by atoms with Gasteiger partial charge >= 0.3 is 0 Å². The number of benzene rings is 1. The van der Waals surface area contributed by atoms with Crippen LogP contribution in [0, 0.1) is 0 Å². The lowest BCUT2D eigenvalue weighted by atomic mass is 10.1. The Morgan fingerprint density at radius 2 is 1.40 bits per heavy atom. The first-order valence-corrected chi connectivity index (χ1v) is 5.10. The SMILES string of the molecule is C.CCOCc1cccc(COCC)c1. The molecule has 0 bridgehead atoms. The summed E-state index contributed by atoms with van der Waals surface area (Å²) in [4.78, 5) is 0. The fourth-order valence-corrected chi connectivity index (χ4v) is 1.25. The van der Waals surface area contributed by atoms with Gasteiger partial charge in [0.1, 0.15) is 0 Å². The van der Waals surface area contributed by atoms with Gasteiger partial charge in [-0.3, -0.25) is 0 Å². The van der Waals surface area contributed by atoms with Crippen molar-refractivity contribution in [3.05, 3.63) is 35.4 Å². The van der Waals surface area contributed by atoms with Crippen molar-refractivity contribution in [1.29, 1.82) is 0 Å². The first-order valence-electron chi connectivity index (χ1n) is 5.10. The van der Waals surface area contributed by atoms with Crippen LogP contribution in [0.5, 0.6) is 0 Å². The largest absolute Gasteiger partial charge is 0.377 e. The lowest BCUT2D eigenvalue weighted by Crippen LogP contribution is -1.95. The van der Waals surface area contributed by atoms with Crippen LogP contribution in [-0.4, -0.2) is 13.2 Å². The lowest BCUT2D eigenvalue weighted by Gasteiger charge is -2.05. The van der Waals surface area contributed by atoms with Crippen LogP contribution in [0.3, 0.4) is 0 Å². The topological polar surface area (TPSA) is 18.5 Å². The highest BCUT2D eigenvalue weighted by Gasteiger charge is 1.95. The molecule has 2 heteroatoms. The molecule has 0 saturated carbocycles. The number of ether oxygens (including phenoxy) is 2. The zero-order chi connectivity index (χ0) is 10.2. The lowest BCUT2D eigenvalue weighted by molar-refractivity contribution is 0.130. The van der Waals surface area contributed by atoms with Gasteiger partial charge in [0.25, 0.3) is 0 Å². The fraction of sp³-hybridized carbons (Fsp3) is 0.538. The van der Waals surface area contributed by atoms with Crippen molar-refractivity contribution in [3.8, 4) is 0 Å². The highest BCUT2D eigenvalue weighted by Crippen LogP contribution is 2.07. The van der Waals surface area contributed by atoms with Crippen LogP contribution in [0.4, 0.5) is 0 Å². The van der Waals surface area contributed by atoms with Crippen LogP contribution >= 0.6 is 0 Å². The Hall–Kier alpha value is -0.860. The summed E-state index contributed by atoms with van der Waals surface area (Å²) < 4.78 is 10.7. The molecule has 1 aromatic carbocycles. The molecule has 0 aliphatic rings. The minimum absolute atomic E-state index is 0. The summed E-state index contributed by atoms with van der Waals surface area (Å²) in [6, 6.07) is 8.32. The van der Waals surface area contributed by atoms with Crippen molar-refractivity contribution in [1.82, 2.24) is 0 Å². The zero-order valence-electron chi connectivity index (χ0n) is 8.95. The van der Waals surface area contributed by atoms with E-state index >= 15 is 0 Å². The van der Waals surface area contributed by atoms with Crippen molar-refractivity contribution in [2.24, 2.45) is 0 Å². The average molecular weight is 210 g/mol. The van der Waals surface area contributed by atoms with Crippen LogP contribution in [-0.2, 0) is 22.7 Å². The van der Waals surface area contributed by atoms with Crippen LogP contribution < -0.4 is 0 Å². The molecule has 0 amide bonds. The summed E-state index contributed by atoms with van der Waals surface area (Å²) in [6.45, 7) is 6.91. The quantitative estimate of drug-likeness (QED) is 0.716. The molecule has 0 spiro atoms. The van der Waals surface area contributed by atoms with E-state index in [2.05, 4.69) is 18.2 Å². The van der Waals surface area contributed by atoms with Gasteiger partial charge < -0.3 is 9.47 Å². The Morgan fingerprint density at radius 1 is 0.933 bits per heavy atom. The molecule has 0 saturated heterocycles. The second kappa shape index (κ2) is 8.45. The highest BCUT2D eigenvalue weighted by molar-refractivity contribution is 5.22. The molecule has 1 aromatic rings. The van der Waals surface area contributed by atoms with E-state index in [1.165, 1.54) is 11.1 Å². The Balaban J connectivity index is 0.00000196. The van der Waals surface area contributed by atoms with E-state index in [-0.39, 0.29) is 7.43 Å². The molecule has 1 rings (SSSR count). The molecule has 0 aliphatic heterocycles. The van der Waals surface area contributed by atoms with Crippen molar-refractivity contribution in [3.63, 3.8) is 0 Å². The van der Waals surface area contributed by atoms with Gasteiger partial charge in [0, 0.05) is 13.2 Å². The van der Waals surface area contributed by atoms with Crippen LogP contribution in [0.25, 0.3) is 0 Å². The van der Waals surface area contributed by atoms with Crippen molar-refractivity contribution in [2.45, 2.75) is 34.5 Å². The van der Waals surface area contributed by atoms with Gasteiger partial charge in [0.15, 0.2) is 0 Å². The molecule has 0 heterocycles. The normalized spacial score (nSPS) is 9.73. The number of rotatable bonds is 6. The Labute approximate surface area is 93.2 Å². The molecule has 0 N–H and O–H groups in total. The van der Waals surface area contributed by atoms with E-state index in [1.54, 1.807) is 0 Å². The van der Waals surface area contributed by atoms with Crippen LogP contribution in [0.1, 0.15) is 32.4 Å². The summed E-state index contributed by atoms with van der Waals surface area (Å²) in [5.41, 5.74) is 2.42. The maximum Gasteiger partial charge on any atom is 0.0716 e. The summed E-state index contributed by atoms with van der Waals surface area (Å²) in [6.07, 6.45) is 0. The zero-order valence-corrected chi connectivity index (χ0v) is 8.95. The first kappa shape index (κ1) is 14.1. The fourth-order valence-electron chi connectivity index (χ4n) is 1.25. The van der Waals surface area contributed by atoms with Gasteiger partial charge in [-0.2, -0.15) is 0 Å². The minimum atomic E-state index is 0. The predicted molar refractivity (Wildman–Crippen MR) is 63.8 cm³/mol. The van der Waals surface area contributed by atoms with E-state index in [0.29, 0.717) is 13.2 Å². The summed E-state index contributed by atoms with van der Waals surface area (Å²) in [5.74, 6) is 0. The third-order valence-electron chi connectivity index (χ3n) is 1.94. The molecule has 0 fully saturated rings. The smallest absolute Gasteiger partial charge is 0.0716 e. The summed E-state index contributed by atoms with van der Waals surface area (Å²) >= 11 is 0. The maximum absolute atomic E-state index is 5.34. The van der Waals surface area contributed by atoms with Gasteiger partial charge in [-0.15, -0.1) is 0 Å². The maximum atomic E-state index is 5.34. The van der Waals surface area contributed by atoms with Crippen LogP contribution in [0.2, 0.25) is 0 Å². The summed E-state index contributed by atoms with van der Waals surface area (Å²) in [5, 5.41) is 0. The average Bonchev–Trinajstić information content (AvgIpc) is 2.24. The third kappa shape index (κ3) is 5.55. The molecule has 15 heavy (non-hydrogen) atoms. The minimum Gasteiger partial charge on any atom is -0.377 e. The Morgan fingerprint density at radius 3 is 1.80 bits per heavy atom. The van der Waals surface area contributed by atoms with Crippen molar-refractivity contribution < 1.29 is 9.47 Å². The molecular weight excluding hydrogens is 188 g/mol. The van der Waals surface area contributed by atoms with E-state index in [9.17, 15) is 0 Å². The van der Waals surface area contributed by atoms with E-state index in [1.807, 2.05) is 19.9 Å². The molecule has 0 radical (unpaired) electrons. The standard InChI is InChI=1S/C12H18O2.CH4/c1-3-13-9-11-6-5-7-12(8-11)10-14-4-2;/h5-8H,3-4,9-10H2,1-2H3;1H4. The van der Waals surface area contributed by atoms with Crippen molar-refractivity contribution in [2.75, 3.05) is 13.2 Å². The van der Waals surface area contributed by atoms with Crippen LogP contribution in [0.15, 0.2) is 24.3 Å².